The third-order valence-electron chi connectivity index (χ3n) is 5.83. The SMILES string of the molecule is O=C(Nc1cccc(N2CCCN(Cc3cc(F)ccc3F)C2=O)c1)C1CCCC1. The maximum Gasteiger partial charge on any atom is 0.324 e. The Morgan fingerprint density at radius 1 is 1.03 bits per heavy atom. The summed E-state index contributed by atoms with van der Waals surface area (Å²) in [6.45, 7) is 1.02. The first-order chi connectivity index (χ1) is 14.5. The number of halogens is 2. The van der Waals surface area contributed by atoms with Gasteiger partial charge in [0, 0.05) is 35.9 Å². The number of hydrogen-bond donors (Lipinski definition) is 1. The zero-order valence-corrected chi connectivity index (χ0v) is 16.7. The monoisotopic (exact) mass is 413 g/mol. The molecule has 1 heterocycles. The van der Waals surface area contributed by atoms with Crippen molar-refractivity contribution < 1.29 is 18.4 Å². The van der Waals surface area contributed by atoms with Crippen LogP contribution >= 0.6 is 0 Å². The van der Waals surface area contributed by atoms with Crippen molar-refractivity contribution in [3.63, 3.8) is 0 Å². The Morgan fingerprint density at radius 3 is 2.63 bits per heavy atom. The zero-order chi connectivity index (χ0) is 21.1. The molecule has 2 aromatic rings. The molecule has 3 amide bonds. The molecular formula is C23H25F2N3O2. The van der Waals surface area contributed by atoms with Crippen molar-refractivity contribution in [1.82, 2.24) is 4.90 Å². The molecule has 1 aliphatic heterocycles. The van der Waals surface area contributed by atoms with Crippen LogP contribution in [-0.4, -0.2) is 29.9 Å². The summed E-state index contributed by atoms with van der Waals surface area (Å²) >= 11 is 0. The zero-order valence-electron chi connectivity index (χ0n) is 16.7. The third kappa shape index (κ3) is 4.45. The van der Waals surface area contributed by atoms with Crippen LogP contribution in [0.4, 0.5) is 25.0 Å². The van der Waals surface area contributed by atoms with Crippen molar-refractivity contribution >= 4 is 23.3 Å². The Morgan fingerprint density at radius 2 is 1.83 bits per heavy atom. The van der Waals surface area contributed by atoms with Gasteiger partial charge in [-0.2, -0.15) is 0 Å². The topological polar surface area (TPSA) is 52.7 Å². The van der Waals surface area contributed by atoms with E-state index in [-0.39, 0.29) is 30.0 Å². The lowest BCUT2D eigenvalue weighted by Gasteiger charge is -2.36. The molecule has 0 spiro atoms. The summed E-state index contributed by atoms with van der Waals surface area (Å²) in [5.74, 6) is -0.976. The second kappa shape index (κ2) is 8.81. The maximum absolute atomic E-state index is 14.0. The van der Waals surface area contributed by atoms with E-state index in [9.17, 15) is 18.4 Å². The highest BCUT2D eigenvalue weighted by Crippen LogP contribution is 2.28. The fraction of sp³-hybridized carbons (Fsp3) is 0.391. The predicted octanol–water partition coefficient (Wildman–Crippen LogP) is 4.93. The molecule has 30 heavy (non-hydrogen) atoms. The molecule has 0 radical (unpaired) electrons. The van der Waals surface area contributed by atoms with Gasteiger partial charge in [-0.15, -0.1) is 0 Å². The summed E-state index contributed by atoms with van der Waals surface area (Å²) in [5.41, 5.74) is 1.49. The molecule has 2 aliphatic rings. The van der Waals surface area contributed by atoms with Gasteiger partial charge in [-0.3, -0.25) is 9.69 Å². The van der Waals surface area contributed by atoms with Crippen LogP contribution in [0.25, 0.3) is 0 Å². The third-order valence-corrected chi connectivity index (χ3v) is 5.83. The maximum atomic E-state index is 14.0. The van der Waals surface area contributed by atoms with E-state index in [4.69, 9.17) is 0 Å². The quantitative estimate of drug-likeness (QED) is 0.756. The summed E-state index contributed by atoms with van der Waals surface area (Å²) < 4.78 is 27.5. The number of nitrogens with zero attached hydrogens (tertiary/aromatic N) is 2. The Kier molecular flexibility index (Phi) is 5.97. The number of nitrogens with one attached hydrogen (secondary N) is 1. The lowest BCUT2D eigenvalue weighted by molar-refractivity contribution is -0.119. The van der Waals surface area contributed by atoms with Gasteiger partial charge in [0.25, 0.3) is 0 Å². The standard InChI is InChI=1S/C23H25F2N3O2/c24-18-9-10-21(25)17(13-18)15-27-11-4-12-28(23(27)30)20-8-3-7-19(14-20)26-22(29)16-5-1-2-6-16/h3,7-10,13-14,16H,1-2,4-6,11-12,15H2,(H,26,29). The number of rotatable bonds is 5. The second-order valence-electron chi connectivity index (χ2n) is 7.97. The van der Waals surface area contributed by atoms with Crippen molar-refractivity contribution in [3.8, 4) is 0 Å². The van der Waals surface area contributed by atoms with E-state index in [2.05, 4.69) is 5.32 Å². The van der Waals surface area contributed by atoms with Crippen molar-refractivity contribution in [2.24, 2.45) is 5.92 Å². The highest BCUT2D eigenvalue weighted by atomic mass is 19.1. The minimum absolute atomic E-state index is 0.0109. The molecule has 1 aliphatic carbocycles. The van der Waals surface area contributed by atoms with E-state index >= 15 is 0 Å². The molecule has 2 aromatic carbocycles. The van der Waals surface area contributed by atoms with E-state index in [0.717, 1.165) is 43.9 Å². The number of hydrogen-bond acceptors (Lipinski definition) is 2. The summed E-state index contributed by atoms with van der Waals surface area (Å²) in [6.07, 6.45) is 4.72. The minimum atomic E-state index is -0.530. The molecule has 2 fully saturated rings. The highest BCUT2D eigenvalue weighted by Gasteiger charge is 2.28. The Hall–Kier alpha value is -2.96. The normalized spacial score (nSPS) is 17.5. The molecule has 0 bridgehead atoms. The van der Waals surface area contributed by atoms with Crippen molar-refractivity contribution in [2.75, 3.05) is 23.3 Å². The van der Waals surface area contributed by atoms with Crippen molar-refractivity contribution in [2.45, 2.75) is 38.6 Å². The molecule has 4 rings (SSSR count). The van der Waals surface area contributed by atoms with Crippen LogP contribution in [0, 0.1) is 17.6 Å². The largest absolute Gasteiger partial charge is 0.326 e. The molecule has 0 aromatic heterocycles. The van der Waals surface area contributed by atoms with E-state index in [1.54, 1.807) is 17.0 Å². The summed E-state index contributed by atoms with van der Waals surface area (Å²) in [5, 5.41) is 2.96. The van der Waals surface area contributed by atoms with E-state index < -0.39 is 11.6 Å². The van der Waals surface area contributed by atoms with E-state index in [0.29, 0.717) is 30.9 Å². The average Bonchev–Trinajstić information content (AvgIpc) is 3.27. The van der Waals surface area contributed by atoms with Gasteiger partial charge in [0.05, 0.1) is 6.54 Å². The Balaban J connectivity index is 1.47. The van der Waals surface area contributed by atoms with Crippen LogP contribution in [0.5, 0.6) is 0 Å². The molecule has 5 nitrogen and oxygen atoms in total. The second-order valence-corrected chi connectivity index (χ2v) is 7.97. The summed E-state index contributed by atoms with van der Waals surface area (Å²) in [6, 6.07) is 10.2. The van der Waals surface area contributed by atoms with Crippen LogP contribution in [0.3, 0.4) is 0 Å². The van der Waals surface area contributed by atoms with E-state index in [1.165, 1.54) is 4.90 Å². The molecule has 1 N–H and O–H groups in total. The van der Waals surface area contributed by atoms with Gasteiger partial charge in [0.2, 0.25) is 5.91 Å². The predicted molar refractivity (Wildman–Crippen MR) is 111 cm³/mol. The fourth-order valence-corrected chi connectivity index (χ4v) is 4.22. The lowest BCUT2D eigenvalue weighted by Crippen LogP contribution is -2.49. The molecule has 1 saturated heterocycles. The van der Waals surface area contributed by atoms with Crippen molar-refractivity contribution in [3.05, 3.63) is 59.7 Å². The summed E-state index contributed by atoms with van der Waals surface area (Å²) in [7, 11) is 0. The van der Waals surface area contributed by atoms with Gasteiger partial charge in [-0.05, 0) is 55.7 Å². The first kappa shape index (κ1) is 20.3. The Labute approximate surface area is 174 Å². The van der Waals surface area contributed by atoms with Crippen molar-refractivity contribution in [1.29, 1.82) is 0 Å². The fourth-order valence-electron chi connectivity index (χ4n) is 4.22. The molecule has 7 heteroatoms. The van der Waals surface area contributed by atoms with Gasteiger partial charge in [0.15, 0.2) is 0 Å². The average molecular weight is 413 g/mol. The van der Waals surface area contributed by atoms with Crippen LogP contribution in [0.15, 0.2) is 42.5 Å². The first-order valence-corrected chi connectivity index (χ1v) is 10.4. The van der Waals surface area contributed by atoms with Crippen LogP contribution < -0.4 is 10.2 Å². The molecule has 158 valence electrons. The summed E-state index contributed by atoms with van der Waals surface area (Å²) in [4.78, 5) is 28.6. The molecule has 0 atom stereocenters. The molecule has 0 unspecified atom stereocenters. The lowest BCUT2D eigenvalue weighted by atomic mass is 10.1. The van der Waals surface area contributed by atoms with Gasteiger partial charge >= 0.3 is 6.03 Å². The van der Waals surface area contributed by atoms with Crippen LogP contribution in [0.1, 0.15) is 37.7 Å². The molecular weight excluding hydrogens is 388 g/mol. The smallest absolute Gasteiger partial charge is 0.324 e. The number of carbonyl (C=O) groups excluding carboxylic acids is 2. The van der Waals surface area contributed by atoms with E-state index in [1.807, 2.05) is 12.1 Å². The Bertz CT molecular complexity index is 944. The van der Waals surface area contributed by atoms with Gasteiger partial charge < -0.3 is 10.2 Å². The van der Waals surface area contributed by atoms with Crippen LogP contribution in [-0.2, 0) is 11.3 Å². The number of anilines is 2. The molecule has 1 saturated carbocycles. The first-order valence-electron chi connectivity index (χ1n) is 10.4. The number of urea groups is 1. The number of amides is 3. The number of benzene rings is 2. The van der Waals surface area contributed by atoms with Gasteiger partial charge in [0.1, 0.15) is 11.6 Å². The highest BCUT2D eigenvalue weighted by molar-refractivity contribution is 5.96. The minimum Gasteiger partial charge on any atom is -0.326 e. The number of carbonyl (C=O) groups is 2. The van der Waals surface area contributed by atoms with Gasteiger partial charge in [-0.25, -0.2) is 13.6 Å². The van der Waals surface area contributed by atoms with Gasteiger partial charge in [-0.1, -0.05) is 18.9 Å². The van der Waals surface area contributed by atoms with Crippen LogP contribution in [0.2, 0.25) is 0 Å².